The largest absolute Gasteiger partial charge is 0.386 e. The molecule has 1 aromatic carbocycles. The van der Waals surface area contributed by atoms with Gasteiger partial charge in [0.25, 0.3) is 0 Å². The van der Waals surface area contributed by atoms with Crippen LogP contribution in [0.2, 0.25) is 0 Å². The van der Waals surface area contributed by atoms with Gasteiger partial charge in [0.15, 0.2) is 0 Å². The molecule has 3 N–H and O–H groups in total. The summed E-state index contributed by atoms with van der Waals surface area (Å²) in [5.41, 5.74) is 5.25. The normalized spacial score (nSPS) is 18.8. The molecule has 94 valence electrons. The van der Waals surface area contributed by atoms with Crippen LogP contribution >= 0.6 is 0 Å². The molecule has 0 aliphatic heterocycles. The van der Waals surface area contributed by atoms with Crippen LogP contribution in [0, 0.1) is 11.7 Å². The van der Waals surface area contributed by atoms with E-state index in [-0.39, 0.29) is 18.3 Å². The minimum atomic E-state index is -0.892. The minimum Gasteiger partial charge on any atom is -0.386 e. The molecule has 0 heterocycles. The van der Waals surface area contributed by atoms with Crippen molar-refractivity contribution < 1.29 is 9.50 Å². The van der Waals surface area contributed by atoms with E-state index in [9.17, 15) is 9.50 Å². The summed E-state index contributed by atoms with van der Waals surface area (Å²) in [5, 5.41) is 10.4. The van der Waals surface area contributed by atoms with Gasteiger partial charge in [0.2, 0.25) is 0 Å². The number of nitrogens with zero attached hydrogens (tertiary/aromatic N) is 1. The molecule has 4 heteroatoms. The number of benzene rings is 1. The molecule has 0 amide bonds. The fourth-order valence-corrected chi connectivity index (χ4v) is 2.24. The van der Waals surface area contributed by atoms with Crippen molar-refractivity contribution in [2.75, 3.05) is 25.0 Å². The molecule has 0 spiro atoms. The van der Waals surface area contributed by atoms with Crippen molar-refractivity contribution >= 4 is 5.69 Å². The van der Waals surface area contributed by atoms with Crippen LogP contribution in [0.3, 0.4) is 0 Å². The summed E-state index contributed by atoms with van der Waals surface area (Å²) >= 11 is 0. The Balaban J connectivity index is 2.10. The zero-order valence-electron chi connectivity index (χ0n) is 10.1. The maximum Gasteiger partial charge on any atom is 0.146 e. The van der Waals surface area contributed by atoms with Crippen molar-refractivity contribution in [3.8, 4) is 0 Å². The Morgan fingerprint density at radius 1 is 1.47 bits per heavy atom. The average Bonchev–Trinajstić information content (AvgIpc) is 3.13. The highest BCUT2D eigenvalue weighted by molar-refractivity contribution is 5.47. The number of halogens is 1. The molecule has 1 fully saturated rings. The molecule has 3 nitrogen and oxygen atoms in total. The summed E-state index contributed by atoms with van der Waals surface area (Å²) in [6.45, 7) is 0.589. The van der Waals surface area contributed by atoms with Gasteiger partial charge < -0.3 is 15.7 Å². The first-order chi connectivity index (χ1) is 8.07. The number of para-hydroxylation sites is 1. The Labute approximate surface area is 101 Å². The predicted octanol–water partition coefficient (Wildman–Crippen LogP) is 1.36. The van der Waals surface area contributed by atoms with E-state index in [0.717, 1.165) is 12.8 Å². The van der Waals surface area contributed by atoms with E-state index in [1.54, 1.807) is 30.1 Å². The van der Waals surface area contributed by atoms with Crippen LogP contribution in [0.15, 0.2) is 24.3 Å². The first-order valence-corrected chi connectivity index (χ1v) is 5.95. The minimum absolute atomic E-state index is 0.219. The Kier molecular flexibility index (Phi) is 3.35. The lowest BCUT2D eigenvalue weighted by Gasteiger charge is -2.32. The topological polar surface area (TPSA) is 49.5 Å². The average molecular weight is 238 g/mol. The summed E-state index contributed by atoms with van der Waals surface area (Å²) < 4.78 is 13.6. The number of hydrogen-bond donors (Lipinski definition) is 2. The van der Waals surface area contributed by atoms with Crippen molar-refractivity contribution in [1.82, 2.24) is 0 Å². The Morgan fingerprint density at radius 2 is 2.12 bits per heavy atom. The highest BCUT2D eigenvalue weighted by Gasteiger charge is 2.43. The zero-order chi connectivity index (χ0) is 12.5. The fourth-order valence-electron chi connectivity index (χ4n) is 2.24. The Hall–Kier alpha value is -1.13. The van der Waals surface area contributed by atoms with Crippen LogP contribution in [-0.4, -0.2) is 30.8 Å². The standard InChI is InChI=1S/C13H19FN2O/c1-16(12-5-3-2-4-11(12)14)9-13(17,8-15)10-6-7-10/h2-5,10,17H,6-9,15H2,1H3. The van der Waals surface area contributed by atoms with Crippen LogP contribution in [0.1, 0.15) is 12.8 Å². The Morgan fingerprint density at radius 3 is 2.65 bits per heavy atom. The molecule has 1 unspecified atom stereocenters. The van der Waals surface area contributed by atoms with Gasteiger partial charge in [-0.2, -0.15) is 0 Å². The second-order valence-electron chi connectivity index (χ2n) is 4.89. The zero-order valence-corrected chi connectivity index (χ0v) is 10.1. The van der Waals surface area contributed by atoms with Gasteiger partial charge in [0, 0.05) is 20.1 Å². The summed E-state index contributed by atoms with van der Waals surface area (Å²) in [4.78, 5) is 1.74. The molecule has 1 atom stereocenters. The first kappa shape index (κ1) is 12.3. The third kappa shape index (κ3) is 2.58. The van der Waals surface area contributed by atoms with Gasteiger partial charge in [0.1, 0.15) is 5.82 Å². The third-order valence-corrected chi connectivity index (χ3v) is 3.47. The van der Waals surface area contributed by atoms with E-state index in [2.05, 4.69) is 0 Å². The summed E-state index contributed by atoms with van der Waals surface area (Å²) in [6, 6.07) is 6.57. The molecule has 1 aromatic rings. The van der Waals surface area contributed by atoms with Crippen LogP contribution < -0.4 is 10.6 Å². The molecule has 1 aliphatic rings. The summed E-state index contributed by atoms with van der Waals surface area (Å²) in [7, 11) is 1.78. The SMILES string of the molecule is CN(CC(O)(CN)C1CC1)c1ccccc1F. The number of anilines is 1. The first-order valence-electron chi connectivity index (χ1n) is 5.95. The van der Waals surface area contributed by atoms with E-state index >= 15 is 0 Å². The van der Waals surface area contributed by atoms with E-state index < -0.39 is 5.60 Å². The van der Waals surface area contributed by atoms with Gasteiger partial charge in [0.05, 0.1) is 11.3 Å². The van der Waals surface area contributed by atoms with Gasteiger partial charge in [-0.1, -0.05) is 12.1 Å². The van der Waals surface area contributed by atoms with Crippen LogP contribution in [0.5, 0.6) is 0 Å². The maximum atomic E-state index is 13.6. The molecular formula is C13H19FN2O. The lowest BCUT2D eigenvalue weighted by atomic mass is 9.97. The molecule has 1 saturated carbocycles. The van der Waals surface area contributed by atoms with E-state index in [0.29, 0.717) is 12.2 Å². The van der Waals surface area contributed by atoms with E-state index in [1.165, 1.54) is 6.07 Å². The molecule has 2 rings (SSSR count). The predicted molar refractivity (Wildman–Crippen MR) is 66.4 cm³/mol. The van der Waals surface area contributed by atoms with Crippen molar-refractivity contribution in [2.45, 2.75) is 18.4 Å². The monoisotopic (exact) mass is 238 g/mol. The van der Waals surface area contributed by atoms with Gasteiger partial charge in [-0.25, -0.2) is 4.39 Å². The highest BCUT2D eigenvalue weighted by Crippen LogP contribution is 2.40. The molecule has 0 saturated heterocycles. The van der Waals surface area contributed by atoms with Crippen LogP contribution in [-0.2, 0) is 0 Å². The number of aliphatic hydroxyl groups is 1. The molecule has 0 radical (unpaired) electrons. The summed E-state index contributed by atoms with van der Waals surface area (Å²) in [6.07, 6.45) is 2.03. The van der Waals surface area contributed by atoms with Gasteiger partial charge in [-0.3, -0.25) is 0 Å². The third-order valence-electron chi connectivity index (χ3n) is 3.47. The summed E-state index contributed by atoms with van der Waals surface area (Å²) in [5.74, 6) is -0.00751. The number of hydrogen-bond acceptors (Lipinski definition) is 3. The van der Waals surface area contributed by atoms with Crippen LogP contribution in [0.4, 0.5) is 10.1 Å². The van der Waals surface area contributed by atoms with E-state index in [1.807, 2.05) is 0 Å². The second kappa shape index (κ2) is 4.63. The molecular weight excluding hydrogens is 219 g/mol. The van der Waals surface area contributed by atoms with Crippen molar-refractivity contribution in [2.24, 2.45) is 11.7 Å². The number of rotatable bonds is 5. The van der Waals surface area contributed by atoms with Gasteiger partial charge >= 0.3 is 0 Å². The quantitative estimate of drug-likeness (QED) is 0.814. The molecule has 17 heavy (non-hydrogen) atoms. The maximum absolute atomic E-state index is 13.6. The van der Waals surface area contributed by atoms with E-state index in [4.69, 9.17) is 5.73 Å². The number of likely N-dealkylation sites (N-methyl/N-ethyl adjacent to an activating group) is 1. The fraction of sp³-hybridized carbons (Fsp3) is 0.538. The highest BCUT2D eigenvalue weighted by atomic mass is 19.1. The molecule has 0 bridgehead atoms. The lowest BCUT2D eigenvalue weighted by molar-refractivity contribution is 0.0343. The number of nitrogens with two attached hydrogens (primary N) is 1. The van der Waals surface area contributed by atoms with Crippen LogP contribution in [0.25, 0.3) is 0 Å². The molecule has 1 aliphatic carbocycles. The smallest absolute Gasteiger partial charge is 0.146 e. The Bertz CT molecular complexity index is 395. The molecule has 0 aromatic heterocycles. The van der Waals surface area contributed by atoms with Crippen molar-refractivity contribution in [3.63, 3.8) is 0 Å². The van der Waals surface area contributed by atoms with Crippen molar-refractivity contribution in [1.29, 1.82) is 0 Å². The van der Waals surface area contributed by atoms with Crippen molar-refractivity contribution in [3.05, 3.63) is 30.1 Å². The second-order valence-corrected chi connectivity index (χ2v) is 4.89. The van der Waals surface area contributed by atoms with Gasteiger partial charge in [-0.15, -0.1) is 0 Å². The van der Waals surface area contributed by atoms with Gasteiger partial charge in [-0.05, 0) is 30.9 Å². The lowest BCUT2D eigenvalue weighted by Crippen LogP contribution is -2.49.